The van der Waals surface area contributed by atoms with Crippen LogP contribution < -0.4 is 4.74 Å². The molecule has 4 nitrogen and oxygen atoms in total. The number of rotatable bonds is 5. The molecular weight excluding hydrogens is 341 g/mol. The maximum absolute atomic E-state index is 12.9. The van der Waals surface area contributed by atoms with Gasteiger partial charge in [-0.3, -0.25) is 0 Å². The van der Waals surface area contributed by atoms with Gasteiger partial charge in [-0.1, -0.05) is 12.1 Å². The molecule has 1 aliphatic rings. The van der Waals surface area contributed by atoms with E-state index < -0.39 is 10.0 Å². The van der Waals surface area contributed by atoms with Crippen molar-refractivity contribution in [3.05, 3.63) is 59.9 Å². The molecule has 0 radical (unpaired) electrons. The summed E-state index contributed by atoms with van der Waals surface area (Å²) in [4.78, 5) is 0.340. The Balaban J connectivity index is 1.65. The summed E-state index contributed by atoms with van der Waals surface area (Å²) in [5, 5.41) is 0. The van der Waals surface area contributed by atoms with Crippen LogP contribution in [-0.4, -0.2) is 32.4 Å². The molecule has 1 fully saturated rings. The molecule has 1 heterocycles. The fraction of sp³-hybridized carbons (Fsp3) is 0.368. The number of ether oxygens (including phenoxy) is 1. The molecule has 1 atom stereocenters. The minimum absolute atomic E-state index is 0.124. The van der Waals surface area contributed by atoms with Crippen molar-refractivity contribution in [3.8, 4) is 5.75 Å². The first kappa shape index (κ1) is 17.9. The Hall–Kier alpha value is -1.92. The van der Waals surface area contributed by atoms with Gasteiger partial charge < -0.3 is 4.74 Å². The van der Waals surface area contributed by atoms with Crippen molar-refractivity contribution in [1.29, 1.82) is 0 Å². The minimum atomic E-state index is -3.48. The summed E-state index contributed by atoms with van der Waals surface area (Å²) >= 11 is 0. The number of halogens is 1. The number of hydrogen-bond donors (Lipinski definition) is 0. The molecule has 0 N–H and O–H groups in total. The van der Waals surface area contributed by atoms with E-state index in [9.17, 15) is 12.8 Å². The average molecular weight is 363 g/mol. The third-order valence-corrected chi connectivity index (χ3v) is 6.27. The fourth-order valence-electron chi connectivity index (χ4n) is 3.05. The van der Waals surface area contributed by atoms with E-state index in [4.69, 9.17) is 4.74 Å². The maximum Gasteiger partial charge on any atom is 0.243 e. The number of hydrogen-bond acceptors (Lipinski definition) is 3. The first-order chi connectivity index (χ1) is 11.9. The third-order valence-electron chi connectivity index (χ3n) is 4.41. The second kappa shape index (κ2) is 7.54. The zero-order valence-electron chi connectivity index (χ0n) is 14.2. The number of nitrogens with zero attached hydrogens (tertiary/aromatic N) is 1. The van der Waals surface area contributed by atoms with Gasteiger partial charge >= 0.3 is 0 Å². The van der Waals surface area contributed by atoms with Crippen molar-refractivity contribution in [2.24, 2.45) is 5.92 Å². The standard InChI is InChI=1S/C19H22FNO3S/c1-15-4-2-6-19(12-15)25(22,23)21-11-3-5-16(13-21)14-24-18-9-7-17(20)8-10-18/h2,4,6-10,12,16H,3,5,11,13-14H2,1H3. The molecule has 0 bridgehead atoms. The predicted octanol–water partition coefficient (Wildman–Crippen LogP) is 3.61. The van der Waals surface area contributed by atoms with E-state index >= 15 is 0 Å². The summed E-state index contributed by atoms with van der Waals surface area (Å²) < 4.78 is 45.8. The van der Waals surface area contributed by atoms with E-state index in [-0.39, 0.29) is 11.7 Å². The molecule has 0 saturated carbocycles. The van der Waals surface area contributed by atoms with Gasteiger partial charge in [-0.05, 0) is 61.7 Å². The van der Waals surface area contributed by atoms with Gasteiger partial charge in [0.15, 0.2) is 0 Å². The largest absolute Gasteiger partial charge is 0.493 e. The topological polar surface area (TPSA) is 46.6 Å². The highest BCUT2D eigenvalue weighted by Gasteiger charge is 2.30. The molecule has 6 heteroatoms. The van der Waals surface area contributed by atoms with E-state index in [2.05, 4.69) is 0 Å². The Kier molecular flexibility index (Phi) is 5.39. The summed E-state index contributed by atoms with van der Waals surface area (Å²) in [6.07, 6.45) is 1.73. The van der Waals surface area contributed by atoms with Crippen LogP contribution in [0.1, 0.15) is 18.4 Å². The van der Waals surface area contributed by atoms with Crippen molar-refractivity contribution in [2.75, 3.05) is 19.7 Å². The third kappa shape index (κ3) is 4.38. The van der Waals surface area contributed by atoms with Gasteiger partial charge in [0.25, 0.3) is 0 Å². The lowest BCUT2D eigenvalue weighted by Crippen LogP contribution is -2.41. The number of piperidine rings is 1. The molecule has 0 aromatic heterocycles. The summed E-state index contributed by atoms with van der Waals surface area (Å²) in [6.45, 7) is 3.28. The van der Waals surface area contributed by atoms with Gasteiger partial charge in [0, 0.05) is 19.0 Å². The first-order valence-electron chi connectivity index (χ1n) is 8.40. The normalized spacial score (nSPS) is 18.9. The molecule has 0 amide bonds. The lowest BCUT2D eigenvalue weighted by Gasteiger charge is -2.31. The highest BCUT2D eigenvalue weighted by molar-refractivity contribution is 7.89. The van der Waals surface area contributed by atoms with Crippen molar-refractivity contribution >= 4 is 10.0 Å². The average Bonchev–Trinajstić information content (AvgIpc) is 2.61. The molecule has 0 aliphatic carbocycles. The Morgan fingerprint density at radius 1 is 1.20 bits per heavy atom. The summed E-state index contributed by atoms with van der Waals surface area (Å²) in [6, 6.07) is 12.9. The van der Waals surface area contributed by atoms with Gasteiger partial charge in [0.2, 0.25) is 10.0 Å². The molecule has 1 saturated heterocycles. The van der Waals surface area contributed by atoms with E-state index in [1.54, 1.807) is 34.6 Å². The lowest BCUT2D eigenvalue weighted by atomic mass is 10.0. The van der Waals surface area contributed by atoms with Crippen LogP contribution in [-0.2, 0) is 10.0 Å². The molecule has 2 aromatic carbocycles. The Morgan fingerprint density at radius 3 is 2.68 bits per heavy atom. The Labute approximate surface area is 148 Å². The van der Waals surface area contributed by atoms with E-state index in [1.165, 1.54) is 12.1 Å². The highest BCUT2D eigenvalue weighted by Crippen LogP contribution is 2.25. The van der Waals surface area contributed by atoms with Crippen LogP contribution in [0.5, 0.6) is 5.75 Å². The molecule has 1 aliphatic heterocycles. The highest BCUT2D eigenvalue weighted by atomic mass is 32.2. The zero-order chi connectivity index (χ0) is 17.9. The van der Waals surface area contributed by atoms with Crippen molar-refractivity contribution in [3.63, 3.8) is 0 Å². The maximum atomic E-state index is 12.9. The van der Waals surface area contributed by atoms with Crippen LogP contribution in [0.4, 0.5) is 4.39 Å². The van der Waals surface area contributed by atoms with Crippen LogP contribution >= 0.6 is 0 Å². The summed E-state index contributed by atoms with van der Waals surface area (Å²) in [5.41, 5.74) is 0.925. The van der Waals surface area contributed by atoms with Gasteiger partial charge in [0.05, 0.1) is 11.5 Å². The van der Waals surface area contributed by atoms with Crippen LogP contribution in [0.15, 0.2) is 53.4 Å². The molecule has 2 aromatic rings. The van der Waals surface area contributed by atoms with Crippen LogP contribution in [0, 0.1) is 18.7 Å². The molecule has 134 valence electrons. The van der Waals surface area contributed by atoms with Gasteiger partial charge in [-0.15, -0.1) is 0 Å². The SMILES string of the molecule is Cc1cccc(S(=O)(=O)N2CCCC(COc3ccc(F)cc3)C2)c1. The van der Waals surface area contributed by atoms with Crippen molar-refractivity contribution in [1.82, 2.24) is 4.31 Å². The van der Waals surface area contributed by atoms with E-state index in [0.717, 1.165) is 18.4 Å². The smallest absolute Gasteiger partial charge is 0.243 e. The van der Waals surface area contributed by atoms with Crippen molar-refractivity contribution < 1.29 is 17.5 Å². The Bertz CT molecular complexity index is 821. The summed E-state index contributed by atoms with van der Waals surface area (Å²) in [5.74, 6) is 0.416. The number of aryl methyl sites for hydroxylation is 1. The molecule has 0 spiro atoms. The van der Waals surface area contributed by atoms with E-state index in [1.807, 2.05) is 13.0 Å². The second-order valence-electron chi connectivity index (χ2n) is 6.45. The quantitative estimate of drug-likeness (QED) is 0.815. The minimum Gasteiger partial charge on any atom is -0.493 e. The Morgan fingerprint density at radius 2 is 1.96 bits per heavy atom. The monoisotopic (exact) mass is 363 g/mol. The first-order valence-corrected chi connectivity index (χ1v) is 9.84. The molecule has 1 unspecified atom stereocenters. The van der Waals surface area contributed by atoms with Gasteiger partial charge in [0.1, 0.15) is 11.6 Å². The molecule has 3 rings (SSSR count). The second-order valence-corrected chi connectivity index (χ2v) is 8.39. The van der Waals surface area contributed by atoms with Gasteiger partial charge in [-0.25, -0.2) is 12.8 Å². The predicted molar refractivity (Wildman–Crippen MR) is 94.6 cm³/mol. The summed E-state index contributed by atoms with van der Waals surface area (Å²) in [7, 11) is -3.48. The number of benzene rings is 2. The van der Waals surface area contributed by atoms with Crippen molar-refractivity contribution in [2.45, 2.75) is 24.7 Å². The van der Waals surface area contributed by atoms with Crippen LogP contribution in [0.25, 0.3) is 0 Å². The zero-order valence-corrected chi connectivity index (χ0v) is 15.0. The molecular formula is C19H22FNO3S. The van der Waals surface area contributed by atoms with Gasteiger partial charge in [-0.2, -0.15) is 4.31 Å². The van der Waals surface area contributed by atoms with Crippen LogP contribution in [0.3, 0.4) is 0 Å². The van der Waals surface area contributed by atoms with Crippen LogP contribution in [0.2, 0.25) is 0 Å². The lowest BCUT2D eigenvalue weighted by molar-refractivity contribution is 0.180. The fourth-order valence-corrected chi connectivity index (χ4v) is 4.71. The number of sulfonamides is 1. The molecule has 25 heavy (non-hydrogen) atoms. The van der Waals surface area contributed by atoms with E-state index in [0.29, 0.717) is 30.3 Å².